The number of carbonyl (C=O) groups is 3. The predicted octanol–water partition coefficient (Wildman–Crippen LogP) is 4.79. The van der Waals surface area contributed by atoms with Gasteiger partial charge in [-0.1, -0.05) is 32.1 Å². The maximum absolute atomic E-state index is 11.7. The van der Waals surface area contributed by atoms with Crippen LogP contribution < -0.4 is 0 Å². The van der Waals surface area contributed by atoms with Crippen molar-refractivity contribution in [1.82, 2.24) is 9.73 Å². The van der Waals surface area contributed by atoms with Gasteiger partial charge in [0.1, 0.15) is 8.30 Å². The van der Waals surface area contributed by atoms with Gasteiger partial charge in [-0.15, -0.1) is 5.06 Å². The molecule has 0 N–H and O–H groups in total. The van der Waals surface area contributed by atoms with Gasteiger partial charge in [0.25, 0.3) is 11.8 Å². The molecule has 0 bridgehead atoms. The van der Waals surface area contributed by atoms with E-state index in [1.165, 1.54) is 6.42 Å². The van der Waals surface area contributed by atoms with Crippen molar-refractivity contribution in [2.45, 2.75) is 104 Å². The molecular weight excluding hydrogens is 391 g/mol. The molecule has 0 saturated carbocycles. The zero-order valence-electron chi connectivity index (χ0n) is 18.8. The van der Waals surface area contributed by atoms with Gasteiger partial charge in [-0.25, -0.2) is 4.79 Å². The summed E-state index contributed by atoms with van der Waals surface area (Å²) in [5.74, 6) is -1.35. The van der Waals surface area contributed by atoms with E-state index in [4.69, 9.17) is 9.36 Å². The maximum Gasteiger partial charge on any atom is 0.333 e. The van der Waals surface area contributed by atoms with Gasteiger partial charge in [0.05, 0.1) is 6.61 Å². The molecule has 0 aromatic rings. The summed E-state index contributed by atoms with van der Waals surface area (Å²) in [6.45, 7) is 11.9. The third kappa shape index (κ3) is 10.0. The number of hydrogen-bond donors (Lipinski definition) is 0. The van der Waals surface area contributed by atoms with E-state index in [2.05, 4.69) is 39.0 Å². The van der Waals surface area contributed by atoms with Gasteiger partial charge >= 0.3 is 5.97 Å². The first-order valence-electron chi connectivity index (χ1n) is 11.0. The summed E-state index contributed by atoms with van der Waals surface area (Å²) in [6, 6.07) is 0.999. The summed E-state index contributed by atoms with van der Waals surface area (Å²) in [6.07, 6.45) is 7.81. The first-order chi connectivity index (χ1) is 13.7. The molecule has 1 unspecified atom stereocenters. The Labute approximate surface area is 177 Å². The van der Waals surface area contributed by atoms with E-state index in [1.807, 2.05) is 0 Å². The normalized spacial score (nSPS) is 15.8. The van der Waals surface area contributed by atoms with Gasteiger partial charge in [-0.05, 0) is 47.2 Å². The van der Waals surface area contributed by atoms with E-state index in [9.17, 15) is 14.4 Å². The molecule has 29 heavy (non-hydrogen) atoms. The summed E-state index contributed by atoms with van der Waals surface area (Å²) < 4.78 is 8.50. The highest BCUT2D eigenvalue weighted by Crippen LogP contribution is 2.41. The van der Waals surface area contributed by atoms with Crippen molar-refractivity contribution in [2.24, 2.45) is 0 Å². The van der Waals surface area contributed by atoms with E-state index in [0.717, 1.165) is 45.1 Å². The number of carbonyl (C=O) groups excluding carboxylic acids is 3. The van der Waals surface area contributed by atoms with Crippen LogP contribution in [0.4, 0.5) is 0 Å². The second-order valence-corrected chi connectivity index (χ2v) is 9.78. The van der Waals surface area contributed by atoms with Gasteiger partial charge < -0.3 is 9.36 Å². The number of imide groups is 1. The minimum Gasteiger partial charge on any atom is -0.344 e. The van der Waals surface area contributed by atoms with Gasteiger partial charge in [0.15, 0.2) is 0 Å². The lowest BCUT2D eigenvalue weighted by Gasteiger charge is -2.35. The molecule has 2 amide bonds. The number of nitrogens with zero attached hydrogens (tertiary/aromatic N) is 2. The molecule has 168 valence electrons. The summed E-state index contributed by atoms with van der Waals surface area (Å²) in [4.78, 5) is 39.3. The molecule has 1 atom stereocenters. The van der Waals surface area contributed by atoms with Crippen molar-refractivity contribution in [3.8, 4) is 0 Å². The lowest BCUT2D eigenvalue weighted by atomic mass is 10.1. The highest BCUT2D eigenvalue weighted by Gasteiger charge is 2.32. The molecule has 0 radical (unpaired) electrons. The Morgan fingerprint density at radius 1 is 0.931 bits per heavy atom. The molecule has 0 aromatic heterocycles. The molecule has 1 rings (SSSR count). The smallest absolute Gasteiger partial charge is 0.333 e. The first-order valence-corrected chi connectivity index (χ1v) is 12.6. The Kier molecular flexibility index (Phi) is 12.6. The monoisotopic (exact) mass is 430 g/mol. The molecule has 1 aliphatic rings. The third-order valence-electron chi connectivity index (χ3n) is 4.89. The van der Waals surface area contributed by atoms with E-state index >= 15 is 0 Å². The molecular formula is C21H39N2O5P. The summed E-state index contributed by atoms with van der Waals surface area (Å²) in [7, 11) is -0.529. The molecule has 1 heterocycles. The van der Waals surface area contributed by atoms with Gasteiger partial charge in [0.2, 0.25) is 0 Å². The fourth-order valence-electron chi connectivity index (χ4n) is 3.57. The van der Waals surface area contributed by atoms with Crippen LogP contribution in [0.25, 0.3) is 0 Å². The van der Waals surface area contributed by atoms with Crippen LogP contribution in [0, 0.1) is 0 Å². The van der Waals surface area contributed by atoms with Crippen LogP contribution in [-0.4, -0.2) is 52.9 Å². The van der Waals surface area contributed by atoms with E-state index < -0.39 is 26.1 Å². The van der Waals surface area contributed by atoms with Crippen LogP contribution in [0.15, 0.2) is 0 Å². The molecule has 1 aliphatic heterocycles. The first kappa shape index (κ1) is 26.0. The number of hydrogen-bond acceptors (Lipinski definition) is 6. The minimum absolute atomic E-state index is 0.130. The minimum atomic E-state index is -0.529. The van der Waals surface area contributed by atoms with E-state index in [-0.39, 0.29) is 19.3 Å². The van der Waals surface area contributed by atoms with Crippen molar-refractivity contribution in [3.05, 3.63) is 0 Å². The number of unbranched alkanes of at least 4 members (excludes halogenated alkanes) is 6. The zero-order chi connectivity index (χ0) is 21.8. The second-order valence-electron chi connectivity index (χ2n) is 8.13. The van der Waals surface area contributed by atoms with Crippen LogP contribution in [0.2, 0.25) is 0 Å². The number of amides is 2. The van der Waals surface area contributed by atoms with Gasteiger partial charge in [-0.3, -0.25) is 14.3 Å². The molecule has 1 saturated heterocycles. The largest absolute Gasteiger partial charge is 0.344 e. The quantitative estimate of drug-likeness (QED) is 0.211. The zero-order valence-corrected chi connectivity index (χ0v) is 19.7. The number of hydroxylamine groups is 2. The van der Waals surface area contributed by atoms with Crippen molar-refractivity contribution in [2.75, 3.05) is 13.3 Å². The molecule has 8 heteroatoms. The van der Waals surface area contributed by atoms with Crippen molar-refractivity contribution >= 4 is 26.1 Å². The lowest BCUT2D eigenvalue weighted by Crippen LogP contribution is -2.32. The highest BCUT2D eigenvalue weighted by molar-refractivity contribution is 7.49. The van der Waals surface area contributed by atoms with Crippen molar-refractivity contribution in [1.29, 1.82) is 0 Å². The Hall–Kier alpha value is -1.04. The van der Waals surface area contributed by atoms with E-state index in [0.29, 0.717) is 17.1 Å². The van der Waals surface area contributed by atoms with Crippen LogP contribution in [0.3, 0.4) is 0 Å². The molecule has 1 fully saturated rings. The van der Waals surface area contributed by atoms with Gasteiger partial charge in [0, 0.05) is 31.3 Å². The third-order valence-corrected chi connectivity index (χ3v) is 7.02. The van der Waals surface area contributed by atoms with Crippen molar-refractivity contribution in [3.63, 3.8) is 0 Å². The SMILES string of the molecule is CC(C)N(C(C)C)P(C)OCCCCCCCCCC(=O)ON1C(=O)CCC1=O. The molecule has 0 aliphatic carbocycles. The van der Waals surface area contributed by atoms with Crippen LogP contribution in [-0.2, 0) is 23.7 Å². The average molecular weight is 431 g/mol. The highest BCUT2D eigenvalue weighted by atomic mass is 31.2. The molecule has 0 aromatic carbocycles. The topological polar surface area (TPSA) is 76.2 Å². The van der Waals surface area contributed by atoms with Crippen LogP contribution in [0.5, 0.6) is 0 Å². The second kappa shape index (κ2) is 14.1. The predicted molar refractivity (Wildman–Crippen MR) is 115 cm³/mol. The lowest BCUT2D eigenvalue weighted by molar-refractivity contribution is -0.197. The summed E-state index contributed by atoms with van der Waals surface area (Å²) in [5, 5.41) is 0.619. The fourth-order valence-corrected chi connectivity index (χ4v) is 5.40. The average Bonchev–Trinajstić information content (AvgIpc) is 2.94. The van der Waals surface area contributed by atoms with Crippen LogP contribution >= 0.6 is 8.30 Å². The Bertz CT molecular complexity index is 503. The Morgan fingerprint density at radius 2 is 1.41 bits per heavy atom. The fraction of sp³-hybridized carbons (Fsp3) is 0.857. The summed E-state index contributed by atoms with van der Waals surface area (Å²) >= 11 is 0. The van der Waals surface area contributed by atoms with E-state index in [1.54, 1.807) is 0 Å². The summed E-state index contributed by atoms with van der Waals surface area (Å²) in [5.41, 5.74) is 0. The Balaban J connectivity index is 1.97. The van der Waals surface area contributed by atoms with Crippen molar-refractivity contribution < 1.29 is 23.7 Å². The Morgan fingerprint density at radius 3 is 1.93 bits per heavy atom. The maximum atomic E-state index is 11.7. The van der Waals surface area contributed by atoms with Crippen LogP contribution in [0.1, 0.15) is 91.9 Å². The molecule has 7 nitrogen and oxygen atoms in total. The number of rotatable bonds is 15. The standard InChI is InChI=1S/C21H39N2O5P/c1-17(2)23(18(3)4)29(5)27-16-12-10-8-6-7-9-11-13-21(26)28-22-19(24)14-15-20(22)25/h17-18H,6-16H2,1-5H3. The molecule has 0 spiro atoms. The van der Waals surface area contributed by atoms with Gasteiger partial charge in [-0.2, -0.15) is 0 Å².